The van der Waals surface area contributed by atoms with Crippen molar-refractivity contribution in [2.24, 2.45) is 5.41 Å². The van der Waals surface area contributed by atoms with Gasteiger partial charge in [-0.3, -0.25) is 0 Å². The zero-order valence-electron chi connectivity index (χ0n) is 7.59. The summed E-state index contributed by atoms with van der Waals surface area (Å²) in [6.07, 6.45) is 2.20. The molecule has 12 heavy (non-hydrogen) atoms. The van der Waals surface area contributed by atoms with Crippen LogP contribution in [-0.4, -0.2) is 4.98 Å². The number of anilines is 1. The summed E-state index contributed by atoms with van der Waals surface area (Å²) in [5, 5.41) is 0. The van der Waals surface area contributed by atoms with Crippen LogP contribution >= 0.6 is 0 Å². The predicted molar refractivity (Wildman–Crippen MR) is 49.8 cm³/mol. The molecule has 0 spiro atoms. The lowest BCUT2D eigenvalue weighted by Gasteiger charge is -2.14. The topological polar surface area (TPSA) is 38.9 Å². The standard InChI is InChI=1S/C10H14N2/c1-10(2)5-7-3-4-9(11)12-8(7)6-10/h3-4H,5-6H2,1-2H3,(H2,11,12). The number of nitrogen functional groups attached to an aromatic ring is 1. The number of hydrogen-bond donors (Lipinski definition) is 1. The lowest BCUT2D eigenvalue weighted by molar-refractivity contribution is 0.391. The predicted octanol–water partition coefficient (Wildman–Crippen LogP) is 1.79. The van der Waals surface area contributed by atoms with Gasteiger partial charge in [-0.2, -0.15) is 0 Å². The van der Waals surface area contributed by atoms with Crippen molar-refractivity contribution in [1.29, 1.82) is 0 Å². The molecular formula is C10H14N2. The minimum atomic E-state index is 0.378. The maximum Gasteiger partial charge on any atom is 0.123 e. The molecule has 1 aromatic rings. The van der Waals surface area contributed by atoms with Crippen LogP contribution in [0.4, 0.5) is 5.82 Å². The second-order valence-electron chi connectivity index (χ2n) is 4.36. The van der Waals surface area contributed by atoms with E-state index in [-0.39, 0.29) is 0 Å². The first-order valence-electron chi connectivity index (χ1n) is 4.31. The minimum absolute atomic E-state index is 0.378. The lowest BCUT2D eigenvalue weighted by Crippen LogP contribution is -2.09. The van der Waals surface area contributed by atoms with Crippen LogP contribution in [0.3, 0.4) is 0 Å². The highest BCUT2D eigenvalue weighted by atomic mass is 14.8. The highest BCUT2D eigenvalue weighted by Crippen LogP contribution is 2.35. The van der Waals surface area contributed by atoms with Gasteiger partial charge >= 0.3 is 0 Å². The third-order valence-electron chi connectivity index (χ3n) is 2.41. The van der Waals surface area contributed by atoms with Crippen molar-refractivity contribution < 1.29 is 0 Å². The average Bonchev–Trinajstić information content (AvgIpc) is 2.21. The molecule has 0 saturated carbocycles. The number of rotatable bonds is 0. The quantitative estimate of drug-likeness (QED) is 0.631. The normalized spacial score (nSPS) is 19.2. The number of pyridine rings is 1. The third kappa shape index (κ3) is 1.17. The summed E-state index contributed by atoms with van der Waals surface area (Å²) in [7, 11) is 0. The van der Waals surface area contributed by atoms with Crippen LogP contribution < -0.4 is 5.73 Å². The van der Waals surface area contributed by atoms with Crippen molar-refractivity contribution in [3.05, 3.63) is 23.4 Å². The fourth-order valence-electron chi connectivity index (χ4n) is 1.89. The maximum absolute atomic E-state index is 5.61. The van der Waals surface area contributed by atoms with Gasteiger partial charge in [-0.15, -0.1) is 0 Å². The van der Waals surface area contributed by atoms with Crippen LogP contribution in [0, 0.1) is 5.41 Å². The first-order valence-corrected chi connectivity index (χ1v) is 4.31. The number of fused-ring (bicyclic) bond motifs is 1. The van der Waals surface area contributed by atoms with Crippen molar-refractivity contribution in [2.75, 3.05) is 5.73 Å². The van der Waals surface area contributed by atoms with E-state index in [4.69, 9.17) is 5.73 Å². The fraction of sp³-hybridized carbons (Fsp3) is 0.500. The van der Waals surface area contributed by atoms with Gasteiger partial charge in [0.2, 0.25) is 0 Å². The molecule has 0 radical (unpaired) electrons. The molecule has 0 fully saturated rings. The molecule has 1 aliphatic rings. The summed E-state index contributed by atoms with van der Waals surface area (Å²) < 4.78 is 0. The van der Waals surface area contributed by atoms with E-state index in [1.165, 1.54) is 11.3 Å². The SMILES string of the molecule is CC1(C)Cc2ccc(N)nc2C1. The van der Waals surface area contributed by atoms with Gasteiger partial charge in [-0.25, -0.2) is 4.98 Å². The Balaban J connectivity index is 2.43. The van der Waals surface area contributed by atoms with Crippen molar-refractivity contribution in [3.8, 4) is 0 Å². The van der Waals surface area contributed by atoms with E-state index in [9.17, 15) is 0 Å². The first kappa shape index (κ1) is 7.59. The number of aromatic nitrogens is 1. The van der Waals surface area contributed by atoms with Crippen LogP contribution in [-0.2, 0) is 12.8 Å². The van der Waals surface area contributed by atoms with E-state index in [0.29, 0.717) is 11.2 Å². The minimum Gasteiger partial charge on any atom is -0.384 e. The molecule has 0 aliphatic heterocycles. The second kappa shape index (κ2) is 2.22. The highest BCUT2D eigenvalue weighted by Gasteiger charge is 2.29. The van der Waals surface area contributed by atoms with Gasteiger partial charge in [0.25, 0.3) is 0 Å². The molecule has 2 nitrogen and oxygen atoms in total. The summed E-state index contributed by atoms with van der Waals surface area (Å²) in [5.74, 6) is 0.645. The van der Waals surface area contributed by atoms with Gasteiger partial charge in [0.1, 0.15) is 5.82 Å². The van der Waals surface area contributed by atoms with Gasteiger partial charge in [0.05, 0.1) is 0 Å². The van der Waals surface area contributed by atoms with E-state index in [0.717, 1.165) is 12.8 Å². The Kier molecular flexibility index (Phi) is 1.40. The monoisotopic (exact) mass is 162 g/mol. The molecule has 1 aliphatic carbocycles. The molecule has 0 amide bonds. The first-order chi connectivity index (χ1) is 5.57. The van der Waals surface area contributed by atoms with Crippen LogP contribution in [0.15, 0.2) is 12.1 Å². The molecule has 2 heteroatoms. The van der Waals surface area contributed by atoms with Gasteiger partial charge in [-0.1, -0.05) is 19.9 Å². The fourth-order valence-corrected chi connectivity index (χ4v) is 1.89. The van der Waals surface area contributed by atoms with Crippen molar-refractivity contribution >= 4 is 5.82 Å². The molecule has 2 rings (SSSR count). The Morgan fingerprint density at radius 1 is 1.33 bits per heavy atom. The van der Waals surface area contributed by atoms with Gasteiger partial charge in [0, 0.05) is 5.69 Å². The van der Waals surface area contributed by atoms with Crippen molar-refractivity contribution in [2.45, 2.75) is 26.7 Å². The summed E-state index contributed by atoms with van der Waals surface area (Å²) in [6, 6.07) is 3.99. The molecule has 64 valence electrons. The Hall–Kier alpha value is -1.05. The van der Waals surface area contributed by atoms with Crippen LogP contribution in [0.1, 0.15) is 25.1 Å². The molecule has 0 saturated heterocycles. The van der Waals surface area contributed by atoms with E-state index in [1.807, 2.05) is 6.07 Å². The summed E-state index contributed by atoms with van der Waals surface area (Å²) >= 11 is 0. The van der Waals surface area contributed by atoms with Gasteiger partial charge in [0.15, 0.2) is 0 Å². The van der Waals surface area contributed by atoms with Crippen molar-refractivity contribution in [3.63, 3.8) is 0 Å². The average molecular weight is 162 g/mol. The van der Waals surface area contributed by atoms with Crippen LogP contribution in [0.2, 0.25) is 0 Å². The van der Waals surface area contributed by atoms with Gasteiger partial charge in [-0.05, 0) is 29.9 Å². The Morgan fingerprint density at radius 3 is 2.83 bits per heavy atom. The maximum atomic E-state index is 5.61. The lowest BCUT2D eigenvalue weighted by atomic mass is 9.91. The summed E-state index contributed by atoms with van der Waals surface area (Å²) in [6.45, 7) is 4.54. The Bertz CT molecular complexity index is 316. The number of nitrogens with two attached hydrogens (primary N) is 1. The van der Waals surface area contributed by atoms with Crippen molar-refractivity contribution in [1.82, 2.24) is 4.98 Å². The van der Waals surface area contributed by atoms with E-state index < -0.39 is 0 Å². The number of nitrogens with zero attached hydrogens (tertiary/aromatic N) is 1. The largest absolute Gasteiger partial charge is 0.384 e. The molecule has 0 bridgehead atoms. The Labute approximate surface area is 72.8 Å². The zero-order chi connectivity index (χ0) is 8.77. The zero-order valence-corrected chi connectivity index (χ0v) is 7.59. The summed E-state index contributed by atoms with van der Waals surface area (Å²) in [4.78, 5) is 4.33. The molecular weight excluding hydrogens is 148 g/mol. The van der Waals surface area contributed by atoms with E-state index >= 15 is 0 Å². The Morgan fingerprint density at radius 2 is 2.08 bits per heavy atom. The molecule has 0 aromatic carbocycles. The number of hydrogen-bond acceptors (Lipinski definition) is 2. The van der Waals surface area contributed by atoms with Crippen LogP contribution in [0.25, 0.3) is 0 Å². The second-order valence-corrected chi connectivity index (χ2v) is 4.36. The smallest absolute Gasteiger partial charge is 0.123 e. The molecule has 0 unspecified atom stereocenters. The summed E-state index contributed by atoms with van der Waals surface area (Å²) in [5.41, 5.74) is 8.55. The van der Waals surface area contributed by atoms with Crippen LogP contribution in [0.5, 0.6) is 0 Å². The molecule has 2 N–H and O–H groups in total. The highest BCUT2D eigenvalue weighted by molar-refractivity contribution is 5.37. The van der Waals surface area contributed by atoms with E-state index in [2.05, 4.69) is 24.9 Å². The molecule has 1 aromatic heterocycles. The molecule has 1 heterocycles. The third-order valence-corrected chi connectivity index (χ3v) is 2.41. The molecule has 0 atom stereocenters. The van der Waals surface area contributed by atoms with E-state index in [1.54, 1.807) is 0 Å². The van der Waals surface area contributed by atoms with Gasteiger partial charge < -0.3 is 5.73 Å².